The number of hydrogen-bond donors (Lipinski definition) is 0. The molecule has 0 bridgehead atoms. The molecule has 0 aliphatic heterocycles. The van der Waals surface area contributed by atoms with Crippen molar-refractivity contribution in [2.45, 2.75) is 19.5 Å². The van der Waals surface area contributed by atoms with Gasteiger partial charge >= 0.3 is 0 Å². The number of carbonyl (C=O) groups excluding carboxylic acids is 1. The standard InChI is InChI=1S/C19H13N5O4/c20-6-3-7-22-11-16(15-4-1-2-5-17(15)22)18(25)12-23-10-14(24(27)28)8-13(9-21)19(23)26/h1-2,4-5,8,10-11H,3,7,12H2. The van der Waals surface area contributed by atoms with E-state index in [4.69, 9.17) is 10.5 Å². The minimum Gasteiger partial charge on any atom is -0.346 e. The Bertz CT molecular complexity index is 1240. The molecule has 0 saturated carbocycles. The van der Waals surface area contributed by atoms with Crippen molar-refractivity contribution >= 4 is 22.4 Å². The summed E-state index contributed by atoms with van der Waals surface area (Å²) in [6.07, 6.45) is 2.83. The van der Waals surface area contributed by atoms with Crippen molar-refractivity contribution in [2.75, 3.05) is 0 Å². The number of nitriles is 2. The van der Waals surface area contributed by atoms with Crippen molar-refractivity contribution in [3.05, 3.63) is 74.3 Å². The summed E-state index contributed by atoms with van der Waals surface area (Å²) < 4.78 is 2.66. The number of hydrogen-bond acceptors (Lipinski definition) is 6. The molecule has 0 amide bonds. The van der Waals surface area contributed by atoms with Gasteiger partial charge in [-0.2, -0.15) is 10.5 Å². The van der Waals surface area contributed by atoms with Crippen molar-refractivity contribution in [3.63, 3.8) is 0 Å². The number of aryl methyl sites for hydroxylation is 1. The van der Waals surface area contributed by atoms with Gasteiger partial charge in [-0.15, -0.1) is 0 Å². The molecule has 0 atom stereocenters. The Hall–Kier alpha value is -4.24. The fraction of sp³-hybridized carbons (Fsp3) is 0.158. The molecule has 1 aromatic carbocycles. The second kappa shape index (κ2) is 7.56. The van der Waals surface area contributed by atoms with Crippen LogP contribution in [0.15, 0.2) is 47.5 Å². The minimum absolute atomic E-state index is 0.266. The van der Waals surface area contributed by atoms with E-state index in [-0.39, 0.29) is 6.42 Å². The minimum atomic E-state index is -0.769. The normalized spacial score (nSPS) is 10.4. The number of rotatable bonds is 6. The molecule has 0 aliphatic carbocycles. The Balaban J connectivity index is 2.04. The molecule has 2 heterocycles. The van der Waals surface area contributed by atoms with E-state index in [0.717, 1.165) is 22.3 Å². The van der Waals surface area contributed by atoms with E-state index in [1.807, 2.05) is 12.1 Å². The van der Waals surface area contributed by atoms with Crippen LogP contribution in [0, 0.1) is 32.8 Å². The third-order valence-electron chi connectivity index (χ3n) is 4.27. The van der Waals surface area contributed by atoms with Crippen molar-refractivity contribution in [2.24, 2.45) is 0 Å². The Morgan fingerprint density at radius 1 is 1.18 bits per heavy atom. The van der Waals surface area contributed by atoms with Crippen LogP contribution in [-0.4, -0.2) is 19.8 Å². The number of para-hydroxylation sites is 1. The van der Waals surface area contributed by atoms with Crippen LogP contribution >= 0.6 is 0 Å². The predicted molar refractivity (Wildman–Crippen MR) is 98.6 cm³/mol. The summed E-state index contributed by atoms with van der Waals surface area (Å²) in [5.41, 5.74) is -0.510. The van der Waals surface area contributed by atoms with E-state index in [2.05, 4.69) is 6.07 Å². The SMILES string of the molecule is N#CCCn1cc(C(=O)Cn2cc([N+](=O)[O-])cc(C#N)c2=O)c2ccccc21. The molecule has 138 valence electrons. The Morgan fingerprint density at radius 3 is 2.61 bits per heavy atom. The average Bonchev–Trinajstić information content (AvgIpc) is 3.06. The molecular formula is C19H13N5O4. The van der Waals surface area contributed by atoms with Gasteiger partial charge in [-0.1, -0.05) is 18.2 Å². The van der Waals surface area contributed by atoms with Crippen molar-refractivity contribution < 1.29 is 9.72 Å². The van der Waals surface area contributed by atoms with Crippen LogP contribution in [0.5, 0.6) is 0 Å². The summed E-state index contributed by atoms with van der Waals surface area (Å²) in [4.78, 5) is 35.4. The topological polar surface area (TPSA) is 135 Å². The first kappa shape index (κ1) is 18.5. The highest BCUT2D eigenvalue weighted by molar-refractivity contribution is 6.08. The lowest BCUT2D eigenvalue weighted by Gasteiger charge is -2.05. The second-order valence-corrected chi connectivity index (χ2v) is 6.00. The fourth-order valence-electron chi connectivity index (χ4n) is 2.98. The highest BCUT2D eigenvalue weighted by Crippen LogP contribution is 2.23. The Morgan fingerprint density at radius 2 is 1.93 bits per heavy atom. The number of benzene rings is 1. The number of aromatic nitrogens is 2. The summed E-state index contributed by atoms with van der Waals surface area (Å²) in [5.74, 6) is -0.432. The molecule has 2 aromatic heterocycles. The molecule has 0 spiro atoms. The summed E-state index contributed by atoms with van der Waals surface area (Å²) in [6.45, 7) is -0.0406. The number of Topliss-reactive ketones (excluding diaryl/α,β-unsaturated/α-hetero) is 1. The van der Waals surface area contributed by atoms with Gasteiger partial charge in [0, 0.05) is 35.3 Å². The first-order chi connectivity index (χ1) is 13.5. The maximum absolute atomic E-state index is 12.9. The van der Waals surface area contributed by atoms with Crippen molar-refractivity contribution in [3.8, 4) is 12.1 Å². The van der Waals surface area contributed by atoms with Crippen LogP contribution in [-0.2, 0) is 13.1 Å². The van der Waals surface area contributed by atoms with Gasteiger partial charge in [0.1, 0.15) is 11.6 Å². The van der Waals surface area contributed by atoms with Gasteiger partial charge in [-0.25, -0.2) is 0 Å². The van der Waals surface area contributed by atoms with Gasteiger partial charge in [-0.3, -0.25) is 24.3 Å². The molecule has 9 nitrogen and oxygen atoms in total. The summed E-state index contributed by atoms with van der Waals surface area (Å²) in [7, 11) is 0. The van der Waals surface area contributed by atoms with E-state index in [1.54, 1.807) is 29.0 Å². The zero-order valence-electron chi connectivity index (χ0n) is 14.5. The second-order valence-electron chi connectivity index (χ2n) is 6.00. The quantitative estimate of drug-likeness (QED) is 0.369. The number of fused-ring (bicyclic) bond motifs is 1. The lowest BCUT2D eigenvalue weighted by molar-refractivity contribution is -0.385. The summed E-state index contributed by atoms with van der Waals surface area (Å²) in [6, 6.07) is 11.7. The van der Waals surface area contributed by atoms with E-state index >= 15 is 0 Å². The van der Waals surface area contributed by atoms with E-state index in [1.165, 1.54) is 0 Å². The number of carbonyl (C=O) groups is 1. The van der Waals surface area contributed by atoms with E-state index in [0.29, 0.717) is 17.5 Å². The number of pyridine rings is 1. The van der Waals surface area contributed by atoms with Gasteiger partial charge in [0.15, 0.2) is 5.78 Å². The third kappa shape index (κ3) is 3.37. The van der Waals surface area contributed by atoms with Crippen LogP contribution < -0.4 is 5.56 Å². The molecule has 9 heteroatoms. The molecule has 0 saturated heterocycles. The largest absolute Gasteiger partial charge is 0.346 e. The zero-order valence-corrected chi connectivity index (χ0v) is 14.5. The molecule has 3 aromatic rings. The van der Waals surface area contributed by atoms with Crippen LogP contribution in [0.4, 0.5) is 5.69 Å². The zero-order chi connectivity index (χ0) is 20.3. The maximum atomic E-state index is 12.9. The van der Waals surface area contributed by atoms with E-state index < -0.39 is 34.1 Å². The highest BCUT2D eigenvalue weighted by atomic mass is 16.6. The fourth-order valence-corrected chi connectivity index (χ4v) is 2.98. The lowest BCUT2D eigenvalue weighted by atomic mass is 10.1. The lowest BCUT2D eigenvalue weighted by Crippen LogP contribution is -2.26. The van der Waals surface area contributed by atoms with Gasteiger partial charge in [-0.05, 0) is 6.07 Å². The number of nitrogens with zero attached hydrogens (tertiary/aromatic N) is 5. The monoisotopic (exact) mass is 375 g/mol. The predicted octanol–water partition coefficient (Wildman–Crippen LogP) is 2.38. The van der Waals surface area contributed by atoms with Crippen LogP contribution in [0.25, 0.3) is 10.9 Å². The summed E-state index contributed by atoms with van der Waals surface area (Å²) in [5, 5.41) is 29.5. The summed E-state index contributed by atoms with van der Waals surface area (Å²) >= 11 is 0. The van der Waals surface area contributed by atoms with Crippen LogP contribution in [0.1, 0.15) is 22.3 Å². The average molecular weight is 375 g/mol. The van der Waals surface area contributed by atoms with Gasteiger partial charge in [0.25, 0.3) is 11.2 Å². The Labute approximate surface area is 158 Å². The molecule has 0 N–H and O–H groups in total. The maximum Gasteiger partial charge on any atom is 0.287 e. The molecule has 0 fully saturated rings. The molecule has 28 heavy (non-hydrogen) atoms. The number of nitro groups is 1. The first-order valence-electron chi connectivity index (χ1n) is 8.23. The third-order valence-corrected chi connectivity index (χ3v) is 4.27. The van der Waals surface area contributed by atoms with Gasteiger partial charge in [0.05, 0.1) is 30.2 Å². The molecule has 0 aliphatic rings. The molecule has 3 rings (SSSR count). The first-order valence-corrected chi connectivity index (χ1v) is 8.23. The molecule has 0 unspecified atom stereocenters. The highest BCUT2D eigenvalue weighted by Gasteiger charge is 2.19. The van der Waals surface area contributed by atoms with Gasteiger partial charge in [0.2, 0.25) is 0 Å². The molecular weight excluding hydrogens is 362 g/mol. The van der Waals surface area contributed by atoms with Crippen molar-refractivity contribution in [1.29, 1.82) is 10.5 Å². The van der Waals surface area contributed by atoms with E-state index in [9.17, 15) is 19.7 Å². The van der Waals surface area contributed by atoms with Gasteiger partial charge < -0.3 is 4.57 Å². The van der Waals surface area contributed by atoms with Crippen molar-refractivity contribution in [1.82, 2.24) is 9.13 Å². The Kier molecular flexibility index (Phi) is 5.01. The van der Waals surface area contributed by atoms with Crippen LogP contribution in [0.3, 0.4) is 0 Å². The number of ketones is 1. The smallest absolute Gasteiger partial charge is 0.287 e. The van der Waals surface area contributed by atoms with Crippen LogP contribution in [0.2, 0.25) is 0 Å². The molecule has 0 radical (unpaired) electrons.